The third-order valence-electron chi connectivity index (χ3n) is 3.03. The van der Waals surface area contributed by atoms with Crippen LogP contribution in [0, 0.1) is 0 Å². The van der Waals surface area contributed by atoms with Gasteiger partial charge in [-0.05, 0) is 42.3 Å². The Bertz CT molecular complexity index is 537. The minimum absolute atomic E-state index is 0.752. The number of rotatable bonds is 6. The number of nitrogens with two attached hydrogens (primary N) is 1. The molecule has 0 fully saturated rings. The molecule has 19 heavy (non-hydrogen) atoms. The van der Waals surface area contributed by atoms with E-state index >= 15 is 0 Å². The Hall–Kier alpha value is -1.52. The first kappa shape index (κ1) is 13.9. The minimum Gasteiger partial charge on any atom is -0.497 e. The van der Waals surface area contributed by atoms with Crippen LogP contribution < -0.4 is 15.8 Å². The van der Waals surface area contributed by atoms with E-state index in [1.165, 1.54) is 9.75 Å². The van der Waals surface area contributed by atoms with Crippen molar-refractivity contribution in [2.24, 2.45) is 0 Å². The van der Waals surface area contributed by atoms with Crippen molar-refractivity contribution in [2.45, 2.75) is 26.4 Å². The van der Waals surface area contributed by atoms with Crippen LogP contribution in [0.4, 0.5) is 5.69 Å². The molecule has 2 rings (SSSR count). The van der Waals surface area contributed by atoms with Crippen LogP contribution >= 0.6 is 11.3 Å². The fraction of sp³-hybridized carbons (Fsp3) is 0.333. The molecule has 102 valence electrons. The lowest BCUT2D eigenvalue weighted by atomic mass is 10.1. The molecule has 0 aliphatic heterocycles. The van der Waals surface area contributed by atoms with Gasteiger partial charge < -0.3 is 15.8 Å². The molecular formula is C15H20N2OS. The third-order valence-corrected chi connectivity index (χ3v) is 4.26. The second-order valence-corrected chi connectivity index (χ2v) is 5.64. The van der Waals surface area contributed by atoms with Crippen LogP contribution in [0.25, 0.3) is 0 Å². The second kappa shape index (κ2) is 6.59. The molecule has 0 bridgehead atoms. The number of thiophene rings is 1. The largest absolute Gasteiger partial charge is 0.497 e. The first-order chi connectivity index (χ1) is 9.22. The van der Waals surface area contributed by atoms with E-state index < -0.39 is 0 Å². The summed E-state index contributed by atoms with van der Waals surface area (Å²) in [6.07, 6.45) is 1.10. The Morgan fingerprint density at radius 1 is 1.16 bits per heavy atom. The number of ether oxygens (including phenoxy) is 1. The van der Waals surface area contributed by atoms with Crippen molar-refractivity contribution >= 4 is 17.0 Å². The van der Waals surface area contributed by atoms with Crippen molar-refractivity contribution in [2.75, 3.05) is 12.8 Å². The lowest BCUT2D eigenvalue weighted by Gasteiger charge is -2.09. The number of nitrogen functional groups attached to an aromatic ring is 1. The molecule has 0 aliphatic carbocycles. The van der Waals surface area contributed by atoms with E-state index in [9.17, 15) is 0 Å². The van der Waals surface area contributed by atoms with Gasteiger partial charge in [0.15, 0.2) is 0 Å². The number of hydrogen-bond acceptors (Lipinski definition) is 4. The predicted molar refractivity (Wildman–Crippen MR) is 81.6 cm³/mol. The Balaban J connectivity index is 1.91. The topological polar surface area (TPSA) is 47.3 Å². The van der Waals surface area contributed by atoms with E-state index in [4.69, 9.17) is 10.5 Å². The molecule has 0 spiro atoms. The van der Waals surface area contributed by atoms with Gasteiger partial charge in [-0.15, -0.1) is 11.3 Å². The molecule has 0 radical (unpaired) electrons. The van der Waals surface area contributed by atoms with E-state index in [1.54, 1.807) is 7.11 Å². The first-order valence-electron chi connectivity index (χ1n) is 6.43. The number of benzene rings is 1. The lowest BCUT2D eigenvalue weighted by Crippen LogP contribution is -2.13. The highest BCUT2D eigenvalue weighted by Gasteiger charge is 2.02. The quantitative estimate of drug-likeness (QED) is 0.797. The normalized spacial score (nSPS) is 10.6. The summed E-state index contributed by atoms with van der Waals surface area (Å²) in [5.74, 6) is 0.843. The maximum absolute atomic E-state index is 5.96. The van der Waals surface area contributed by atoms with Gasteiger partial charge >= 0.3 is 0 Å². The number of nitrogens with one attached hydrogen (secondary N) is 1. The number of methoxy groups -OCH3 is 1. The highest BCUT2D eigenvalue weighted by Crippen LogP contribution is 2.20. The van der Waals surface area contributed by atoms with Gasteiger partial charge in [0.25, 0.3) is 0 Å². The molecule has 2 aromatic rings. The van der Waals surface area contributed by atoms with Crippen LogP contribution in [0.1, 0.15) is 22.2 Å². The van der Waals surface area contributed by atoms with Crippen LogP contribution in [0.15, 0.2) is 30.3 Å². The van der Waals surface area contributed by atoms with Crippen molar-refractivity contribution in [1.29, 1.82) is 0 Å². The summed E-state index contributed by atoms with van der Waals surface area (Å²) in [6, 6.07) is 10.1. The molecule has 3 nitrogen and oxygen atoms in total. The van der Waals surface area contributed by atoms with Crippen LogP contribution in [-0.4, -0.2) is 7.11 Å². The molecule has 1 aromatic carbocycles. The Kier molecular flexibility index (Phi) is 4.82. The van der Waals surface area contributed by atoms with Crippen LogP contribution in [0.5, 0.6) is 5.75 Å². The van der Waals surface area contributed by atoms with Crippen LogP contribution in [-0.2, 0) is 19.5 Å². The fourth-order valence-electron chi connectivity index (χ4n) is 1.89. The maximum Gasteiger partial charge on any atom is 0.119 e. The summed E-state index contributed by atoms with van der Waals surface area (Å²) in [5.41, 5.74) is 7.83. The highest BCUT2D eigenvalue weighted by atomic mass is 32.1. The monoisotopic (exact) mass is 276 g/mol. The fourth-order valence-corrected chi connectivity index (χ4v) is 2.82. The van der Waals surface area contributed by atoms with Crippen molar-refractivity contribution in [3.8, 4) is 5.75 Å². The van der Waals surface area contributed by atoms with E-state index in [0.29, 0.717) is 0 Å². The molecule has 3 N–H and O–H groups in total. The molecule has 1 aromatic heterocycles. The van der Waals surface area contributed by atoms with Crippen LogP contribution in [0.2, 0.25) is 0 Å². The Morgan fingerprint density at radius 2 is 1.95 bits per heavy atom. The summed E-state index contributed by atoms with van der Waals surface area (Å²) in [4.78, 5) is 2.79. The zero-order valence-corrected chi connectivity index (χ0v) is 12.2. The van der Waals surface area contributed by atoms with Crippen LogP contribution in [0.3, 0.4) is 0 Å². The number of anilines is 1. The van der Waals surface area contributed by atoms with Gasteiger partial charge in [0.2, 0.25) is 0 Å². The molecule has 1 heterocycles. The number of hydrogen-bond donors (Lipinski definition) is 2. The molecule has 0 atom stereocenters. The standard InChI is InChI=1S/C15H20N2OS/c1-3-13-5-6-14(19-13)10-17-9-11-8-12(18-2)4-7-15(11)16/h4-8,17H,3,9-10,16H2,1-2H3. The van der Waals surface area contributed by atoms with E-state index in [1.807, 2.05) is 29.5 Å². The lowest BCUT2D eigenvalue weighted by molar-refractivity contribution is 0.414. The van der Waals surface area contributed by atoms with E-state index in [-0.39, 0.29) is 0 Å². The Morgan fingerprint density at radius 3 is 2.63 bits per heavy atom. The summed E-state index contributed by atoms with van der Waals surface area (Å²) >= 11 is 1.86. The maximum atomic E-state index is 5.96. The van der Waals surface area contributed by atoms with Crippen molar-refractivity contribution in [3.63, 3.8) is 0 Å². The van der Waals surface area contributed by atoms with Gasteiger partial charge in [0, 0.05) is 28.5 Å². The zero-order chi connectivity index (χ0) is 13.7. The van der Waals surface area contributed by atoms with Gasteiger partial charge in [-0.3, -0.25) is 0 Å². The number of aryl methyl sites for hydroxylation is 1. The smallest absolute Gasteiger partial charge is 0.119 e. The van der Waals surface area contributed by atoms with Gasteiger partial charge in [0.1, 0.15) is 5.75 Å². The second-order valence-electron chi connectivity index (χ2n) is 4.39. The summed E-state index contributed by atoms with van der Waals surface area (Å²) in [5, 5.41) is 3.42. The molecule has 4 heteroatoms. The molecule has 0 unspecified atom stereocenters. The molecule has 0 aliphatic rings. The third kappa shape index (κ3) is 3.72. The molecule has 0 saturated heterocycles. The van der Waals surface area contributed by atoms with Gasteiger partial charge in [-0.1, -0.05) is 6.92 Å². The minimum atomic E-state index is 0.752. The molecule has 0 saturated carbocycles. The van der Waals surface area contributed by atoms with E-state index in [0.717, 1.165) is 36.5 Å². The zero-order valence-electron chi connectivity index (χ0n) is 11.4. The summed E-state index contributed by atoms with van der Waals surface area (Å²) in [7, 11) is 1.67. The predicted octanol–water partition coefficient (Wildman–Crippen LogP) is 3.19. The Labute approximate surface area is 118 Å². The first-order valence-corrected chi connectivity index (χ1v) is 7.25. The molecular weight excluding hydrogens is 256 g/mol. The van der Waals surface area contributed by atoms with E-state index in [2.05, 4.69) is 24.4 Å². The highest BCUT2D eigenvalue weighted by molar-refractivity contribution is 7.11. The van der Waals surface area contributed by atoms with Gasteiger partial charge in [-0.25, -0.2) is 0 Å². The van der Waals surface area contributed by atoms with Crippen molar-refractivity contribution < 1.29 is 4.74 Å². The van der Waals surface area contributed by atoms with Gasteiger partial charge in [0.05, 0.1) is 7.11 Å². The summed E-state index contributed by atoms with van der Waals surface area (Å²) in [6.45, 7) is 3.81. The molecule has 0 amide bonds. The van der Waals surface area contributed by atoms with Gasteiger partial charge in [-0.2, -0.15) is 0 Å². The SMILES string of the molecule is CCc1ccc(CNCc2cc(OC)ccc2N)s1. The average molecular weight is 276 g/mol. The van der Waals surface area contributed by atoms with Crippen molar-refractivity contribution in [1.82, 2.24) is 5.32 Å². The van der Waals surface area contributed by atoms with Crippen molar-refractivity contribution in [3.05, 3.63) is 45.6 Å². The average Bonchev–Trinajstić information content (AvgIpc) is 2.89. The summed E-state index contributed by atoms with van der Waals surface area (Å²) < 4.78 is 5.21.